The number of fused-ring (bicyclic) bond motifs is 2. The summed E-state index contributed by atoms with van der Waals surface area (Å²) in [5, 5.41) is 8.06. The van der Waals surface area contributed by atoms with Gasteiger partial charge in [-0.15, -0.1) is 0 Å². The number of aromatic nitrogens is 1. The lowest BCUT2D eigenvalue weighted by molar-refractivity contribution is 0.0979. The van der Waals surface area contributed by atoms with Crippen molar-refractivity contribution in [2.24, 2.45) is 0 Å². The van der Waals surface area contributed by atoms with Gasteiger partial charge in [-0.3, -0.25) is 10.1 Å². The molecule has 0 spiro atoms. The van der Waals surface area contributed by atoms with Crippen LogP contribution in [0, 0.1) is 5.82 Å². The largest absolute Gasteiger partial charge is 0.436 e. The zero-order valence-corrected chi connectivity index (χ0v) is 19.6. The first-order valence-corrected chi connectivity index (χ1v) is 11.2. The van der Waals surface area contributed by atoms with Crippen LogP contribution in [-0.4, -0.2) is 16.0 Å². The monoisotopic (exact) mass is 509 g/mol. The van der Waals surface area contributed by atoms with Crippen molar-refractivity contribution in [1.29, 1.82) is 0 Å². The van der Waals surface area contributed by atoms with Crippen LogP contribution in [0.1, 0.15) is 10.4 Å². The van der Waals surface area contributed by atoms with E-state index in [2.05, 4.69) is 15.6 Å². The lowest BCUT2D eigenvalue weighted by atomic mass is 10.0. The molecule has 0 bridgehead atoms. The average Bonchev–Trinajstić information content (AvgIpc) is 3.22. The van der Waals surface area contributed by atoms with Crippen LogP contribution in [0.2, 0.25) is 10.0 Å². The number of thiocarbonyl (C=S) groups is 1. The van der Waals surface area contributed by atoms with Gasteiger partial charge in [-0.05, 0) is 66.1 Å². The second-order valence-electron chi connectivity index (χ2n) is 7.37. The molecule has 5 nitrogen and oxygen atoms in total. The molecule has 0 atom stereocenters. The Bertz CT molecular complexity index is 1600. The summed E-state index contributed by atoms with van der Waals surface area (Å²) < 4.78 is 19.1. The average molecular weight is 510 g/mol. The Hall–Kier alpha value is -3.52. The minimum atomic E-state index is -0.446. The summed E-state index contributed by atoms with van der Waals surface area (Å²) in [6.45, 7) is 0. The smallest absolute Gasteiger partial charge is 0.258 e. The molecule has 1 aromatic heterocycles. The van der Waals surface area contributed by atoms with E-state index in [1.165, 1.54) is 18.2 Å². The van der Waals surface area contributed by atoms with Gasteiger partial charge in [0.15, 0.2) is 10.7 Å². The van der Waals surface area contributed by atoms with E-state index in [9.17, 15) is 9.18 Å². The van der Waals surface area contributed by atoms with Gasteiger partial charge in [0, 0.05) is 21.7 Å². The van der Waals surface area contributed by atoms with Gasteiger partial charge in [0.25, 0.3) is 5.91 Å². The molecule has 34 heavy (non-hydrogen) atoms. The predicted molar refractivity (Wildman–Crippen MR) is 137 cm³/mol. The van der Waals surface area contributed by atoms with E-state index in [-0.39, 0.29) is 21.9 Å². The van der Waals surface area contributed by atoms with E-state index >= 15 is 0 Å². The number of rotatable bonds is 3. The minimum absolute atomic E-state index is 0.119. The number of carbonyl (C=O) groups excluding carboxylic acids is 1. The molecule has 0 saturated carbocycles. The molecule has 4 aromatic carbocycles. The summed E-state index contributed by atoms with van der Waals surface area (Å²) in [7, 11) is 0. The van der Waals surface area contributed by atoms with Crippen LogP contribution in [0.25, 0.3) is 33.3 Å². The number of hydrogen-bond acceptors (Lipinski definition) is 4. The van der Waals surface area contributed by atoms with Crippen LogP contribution < -0.4 is 10.6 Å². The maximum Gasteiger partial charge on any atom is 0.258 e. The molecule has 1 amide bonds. The third kappa shape index (κ3) is 4.33. The molecule has 9 heteroatoms. The van der Waals surface area contributed by atoms with Crippen molar-refractivity contribution in [3.8, 4) is 11.5 Å². The molecule has 0 aliphatic heterocycles. The van der Waals surface area contributed by atoms with Crippen molar-refractivity contribution in [2.75, 3.05) is 5.32 Å². The molecule has 2 N–H and O–H groups in total. The van der Waals surface area contributed by atoms with Crippen LogP contribution in [0.3, 0.4) is 0 Å². The maximum absolute atomic E-state index is 13.3. The lowest BCUT2D eigenvalue weighted by Gasteiger charge is -2.11. The SMILES string of the molecule is O=C(NC(=S)Nc1ccc2oc(-c3ccc(F)cc3Cl)nc2c1)c1cccc2c(Cl)cccc12. The van der Waals surface area contributed by atoms with Gasteiger partial charge in [-0.25, -0.2) is 9.37 Å². The lowest BCUT2D eigenvalue weighted by Crippen LogP contribution is -2.34. The first-order valence-electron chi connectivity index (χ1n) is 10.0. The maximum atomic E-state index is 13.3. The number of oxazole rings is 1. The third-order valence-electron chi connectivity index (χ3n) is 5.15. The highest BCUT2D eigenvalue weighted by atomic mass is 35.5. The highest BCUT2D eigenvalue weighted by molar-refractivity contribution is 7.80. The first kappa shape index (κ1) is 22.3. The molecule has 5 rings (SSSR count). The highest BCUT2D eigenvalue weighted by Crippen LogP contribution is 2.31. The molecule has 0 radical (unpaired) electrons. The van der Waals surface area contributed by atoms with Crippen molar-refractivity contribution in [2.45, 2.75) is 0 Å². The van der Waals surface area contributed by atoms with Gasteiger partial charge < -0.3 is 9.73 Å². The van der Waals surface area contributed by atoms with Crippen molar-refractivity contribution in [3.63, 3.8) is 0 Å². The molecule has 0 saturated heterocycles. The van der Waals surface area contributed by atoms with Crippen LogP contribution in [0.4, 0.5) is 10.1 Å². The van der Waals surface area contributed by atoms with E-state index < -0.39 is 5.82 Å². The van der Waals surface area contributed by atoms with Gasteiger partial charge in [-0.2, -0.15) is 0 Å². The Balaban J connectivity index is 1.35. The van der Waals surface area contributed by atoms with Gasteiger partial charge >= 0.3 is 0 Å². The number of hydrogen-bond donors (Lipinski definition) is 2. The first-order chi connectivity index (χ1) is 16.4. The number of benzene rings is 4. The minimum Gasteiger partial charge on any atom is -0.436 e. The number of anilines is 1. The number of amides is 1. The third-order valence-corrected chi connectivity index (χ3v) is 5.99. The zero-order valence-electron chi connectivity index (χ0n) is 17.2. The second kappa shape index (κ2) is 9.02. The Morgan fingerprint density at radius 3 is 2.56 bits per heavy atom. The molecule has 0 unspecified atom stereocenters. The standard InChI is InChI=1S/C25H14Cl2FN3O2S/c26-19-6-2-3-15-16(19)4-1-5-17(15)23(32)31-25(34)29-14-8-10-22-21(12-14)30-24(33-22)18-9-7-13(28)11-20(18)27/h1-12H,(H2,29,31,32,34). The Morgan fingerprint density at radius 1 is 0.941 bits per heavy atom. The molecule has 1 heterocycles. The van der Waals surface area contributed by atoms with E-state index in [4.69, 9.17) is 39.8 Å². The van der Waals surface area contributed by atoms with E-state index in [1.807, 2.05) is 12.1 Å². The summed E-state index contributed by atoms with van der Waals surface area (Å²) in [5.41, 5.74) is 2.59. The van der Waals surface area contributed by atoms with Crippen LogP contribution in [-0.2, 0) is 0 Å². The van der Waals surface area contributed by atoms with Gasteiger partial charge in [0.05, 0.1) is 10.6 Å². The van der Waals surface area contributed by atoms with E-state index in [0.717, 1.165) is 10.8 Å². The molecule has 0 fully saturated rings. The predicted octanol–water partition coefficient (Wildman–Crippen LogP) is 7.22. The van der Waals surface area contributed by atoms with Crippen LogP contribution in [0.5, 0.6) is 0 Å². The molecule has 168 valence electrons. The summed E-state index contributed by atoms with van der Waals surface area (Å²) in [5.74, 6) is -0.540. The van der Waals surface area contributed by atoms with Crippen molar-refractivity contribution >= 4 is 74.0 Å². The Kier molecular flexibility index (Phi) is 5.91. The Morgan fingerprint density at radius 2 is 1.74 bits per heavy atom. The number of carbonyl (C=O) groups is 1. The number of halogens is 3. The van der Waals surface area contributed by atoms with Crippen molar-refractivity contribution < 1.29 is 13.6 Å². The van der Waals surface area contributed by atoms with Crippen molar-refractivity contribution in [1.82, 2.24) is 10.3 Å². The fourth-order valence-electron chi connectivity index (χ4n) is 3.59. The van der Waals surface area contributed by atoms with Gasteiger partial charge in [-0.1, -0.05) is 47.5 Å². The normalized spacial score (nSPS) is 11.0. The second-order valence-corrected chi connectivity index (χ2v) is 8.60. The Labute approximate surface area is 208 Å². The molecular weight excluding hydrogens is 496 g/mol. The zero-order chi connectivity index (χ0) is 23.8. The van der Waals surface area contributed by atoms with E-state index in [0.29, 0.717) is 32.9 Å². The number of nitrogens with one attached hydrogen (secondary N) is 2. The molecule has 0 aliphatic rings. The molecular formula is C25H14Cl2FN3O2S. The quantitative estimate of drug-likeness (QED) is 0.251. The summed E-state index contributed by atoms with van der Waals surface area (Å²) in [6, 6.07) is 19.9. The number of nitrogens with zero attached hydrogens (tertiary/aromatic N) is 1. The highest BCUT2D eigenvalue weighted by Gasteiger charge is 2.15. The van der Waals surface area contributed by atoms with Gasteiger partial charge in [0.1, 0.15) is 11.3 Å². The molecule has 5 aromatic rings. The topological polar surface area (TPSA) is 67.2 Å². The van der Waals surface area contributed by atoms with Crippen LogP contribution >= 0.6 is 35.4 Å². The van der Waals surface area contributed by atoms with E-state index in [1.54, 1.807) is 42.5 Å². The fraction of sp³-hybridized carbons (Fsp3) is 0. The van der Waals surface area contributed by atoms with Crippen molar-refractivity contribution in [3.05, 3.63) is 94.2 Å². The summed E-state index contributed by atoms with van der Waals surface area (Å²) in [6.07, 6.45) is 0. The molecule has 0 aliphatic carbocycles. The summed E-state index contributed by atoms with van der Waals surface area (Å²) >= 11 is 17.7. The van der Waals surface area contributed by atoms with Gasteiger partial charge in [0.2, 0.25) is 5.89 Å². The fourth-order valence-corrected chi connectivity index (χ4v) is 4.28. The summed E-state index contributed by atoms with van der Waals surface area (Å²) in [4.78, 5) is 17.3. The van der Waals surface area contributed by atoms with Crippen LogP contribution in [0.15, 0.2) is 77.2 Å².